The number of aryl methyl sites for hydroxylation is 2. The SMILES string of the molecule is CN=C(NCCCCn1ccnc1C)N1CCN(CC(=O)N2CCCC2)CC1.I. The van der Waals surface area contributed by atoms with Crippen LogP contribution in [0.1, 0.15) is 31.5 Å². The highest BCUT2D eigenvalue weighted by atomic mass is 127. The summed E-state index contributed by atoms with van der Waals surface area (Å²) in [6.07, 6.45) is 8.42. The Balaban J connectivity index is 0.00000300. The molecule has 0 radical (unpaired) electrons. The molecule has 164 valence electrons. The molecule has 0 atom stereocenters. The number of guanidine groups is 1. The Labute approximate surface area is 191 Å². The first-order valence-corrected chi connectivity index (χ1v) is 10.6. The van der Waals surface area contributed by atoms with Crippen molar-refractivity contribution in [2.75, 3.05) is 59.4 Å². The summed E-state index contributed by atoms with van der Waals surface area (Å²) in [5.41, 5.74) is 0. The summed E-state index contributed by atoms with van der Waals surface area (Å²) in [6, 6.07) is 0. The summed E-state index contributed by atoms with van der Waals surface area (Å²) in [7, 11) is 1.85. The standard InChI is InChI=1S/C20H35N7O.HI/c1-18-22-8-12-25(18)9-4-3-7-23-20(21-2)27-15-13-24(14-16-27)17-19(28)26-10-5-6-11-26;/h8,12H,3-7,9-11,13-17H2,1-2H3,(H,21,23);1H. The Kier molecular flexibility index (Phi) is 10.2. The summed E-state index contributed by atoms with van der Waals surface area (Å²) < 4.78 is 2.19. The molecule has 8 nitrogen and oxygen atoms in total. The summed E-state index contributed by atoms with van der Waals surface area (Å²) >= 11 is 0. The van der Waals surface area contributed by atoms with Crippen LogP contribution in [-0.2, 0) is 11.3 Å². The normalized spacial score (nSPS) is 18.1. The average Bonchev–Trinajstić information content (AvgIpc) is 3.38. The Bertz CT molecular complexity index is 649. The first kappa shape index (κ1) is 23.9. The van der Waals surface area contributed by atoms with Gasteiger partial charge < -0.3 is 19.7 Å². The third-order valence-corrected chi connectivity index (χ3v) is 5.73. The third-order valence-electron chi connectivity index (χ3n) is 5.73. The van der Waals surface area contributed by atoms with E-state index in [1.54, 1.807) is 0 Å². The van der Waals surface area contributed by atoms with Crippen LogP contribution < -0.4 is 5.32 Å². The van der Waals surface area contributed by atoms with Gasteiger partial charge in [-0.3, -0.25) is 14.7 Å². The van der Waals surface area contributed by atoms with Gasteiger partial charge in [-0.15, -0.1) is 24.0 Å². The van der Waals surface area contributed by atoms with Gasteiger partial charge in [-0.2, -0.15) is 0 Å². The number of hydrogen-bond acceptors (Lipinski definition) is 4. The van der Waals surface area contributed by atoms with Crippen LogP contribution in [0.5, 0.6) is 0 Å². The second-order valence-electron chi connectivity index (χ2n) is 7.70. The molecule has 2 saturated heterocycles. The van der Waals surface area contributed by atoms with E-state index in [1.165, 1.54) is 0 Å². The number of aromatic nitrogens is 2. The van der Waals surface area contributed by atoms with Gasteiger partial charge in [0.15, 0.2) is 5.96 Å². The molecule has 0 spiro atoms. The highest BCUT2D eigenvalue weighted by Crippen LogP contribution is 2.09. The van der Waals surface area contributed by atoms with Crippen LogP contribution >= 0.6 is 24.0 Å². The van der Waals surface area contributed by atoms with Gasteiger partial charge in [0.1, 0.15) is 5.82 Å². The van der Waals surface area contributed by atoms with E-state index in [0.29, 0.717) is 12.5 Å². The first-order valence-electron chi connectivity index (χ1n) is 10.6. The number of amides is 1. The molecule has 1 aromatic rings. The molecule has 1 amide bonds. The zero-order valence-electron chi connectivity index (χ0n) is 17.8. The van der Waals surface area contributed by atoms with Gasteiger partial charge in [0.05, 0.1) is 6.54 Å². The number of unbranched alkanes of at least 4 members (excludes halogenated alkanes) is 1. The largest absolute Gasteiger partial charge is 0.356 e. The van der Waals surface area contributed by atoms with Crippen LogP contribution in [0.2, 0.25) is 0 Å². The molecular weight excluding hydrogens is 481 g/mol. The van der Waals surface area contributed by atoms with Crippen LogP contribution in [0.15, 0.2) is 17.4 Å². The lowest BCUT2D eigenvalue weighted by Crippen LogP contribution is -2.54. The lowest BCUT2D eigenvalue weighted by atomic mass is 10.3. The lowest BCUT2D eigenvalue weighted by Gasteiger charge is -2.36. The second kappa shape index (κ2) is 12.4. The number of nitrogens with zero attached hydrogens (tertiary/aromatic N) is 6. The minimum atomic E-state index is 0. The minimum absolute atomic E-state index is 0. The topological polar surface area (TPSA) is 69.0 Å². The summed E-state index contributed by atoms with van der Waals surface area (Å²) in [5, 5.41) is 3.49. The fourth-order valence-corrected chi connectivity index (χ4v) is 3.96. The summed E-state index contributed by atoms with van der Waals surface area (Å²) in [4.78, 5) is 27.6. The third kappa shape index (κ3) is 7.13. The lowest BCUT2D eigenvalue weighted by molar-refractivity contribution is -0.131. The zero-order valence-corrected chi connectivity index (χ0v) is 20.2. The van der Waals surface area contributed by atoms with Gasteiger partial charge in [-0.1, -0.05) is 0 Å². The number of carbonyl (C=O) groups excluding carboxylic acids is 1. The van der Waals surface area contributed by atoms with Crippen LogP contribution in [0.4, 0.5) is 0 Å². The fraction of sp³-hybridized carbons (Fsp3) is 0.750. The quantitative estimate of drug-likeness (QED) is 0.257. The predicted molar refractivity (Wildman–Crippen MR) is 127 cm³/mol. The summed E-state index contributed by atoms with van der Waals surface area (Å²) in [5.74, 6) is 2.34. The van der Waals surface area contributed by atoms with Gasteiger partial charge in [-0.05, 0) is 32.6 Å². The van der Waals surface area contributed by atoms with E-state index >= 15 is 0 Å². The van der Waals surface area contributed by atoms with Gasteiger partial charge in [0.2, 0.25) is 5.91 Å². The molecule has 0 bridgehead atoms. The molecule has 0 aliphatic carbocycles. The Morgan fingerprint density at radius 1 is 1.10 bits per heavy atom. The molecule has 9 heteroatoms. The molecular formula is C20H36IN7O. The van der Waals surface area contributed by atoms with Crippen molar-refractivity contribution in [2.24, 2.45) is 4.99 Å². The van der Waals surface area contributed by atoms with Crippen molar-refractivity contribution in [3.05, 3.63) is 18.2 Å². The van der Waals surface area contributed by atoms with Gasteiger partial charge in [-0.25, -0.2) is 4.98 Å². The number of hydrogen-bond donors (Lipinski definition) is 1. The van der Waals surface area contributed by atoms with E-state index in [0.717, 1.165) is 89.8 Å². The van der Waals surface area contributed by atoms with E-state index in [9.17, 15) is 4.79 Å². The van der Waals surface area contributed by atoms with E-state index in [-0.39, 0.29) is 24.0 Å². The highest BCUT2D eigenvalue weighted by Gasteiger charge is 2.24. The van der Waals surface area contributed by atoms with Crippen molar-refractivity contribution in [3.8, 4) is 0 Å². The molecule has 2 aliphatic rings. The van der Waals surface area contributed by atoms with Crippen LogP contribution in [0, 0.1) is 6.92 Å². The molecule has 3 rings (SSSR count). The molecule has 2 fully saturated rings. The maximum atomic E-state index is 12.3. The number of carbonyl (C=O) groups is 1. The van der Waals surface area contributed by atoms with E-state index in [2.05, 4.69) is 29.7 Å². The van der Waals surface area contributed by atoms with Crippen LogP contribution in [-0.4, -0.2) is 95.5 Å². The van der Waals surface area contributed by atoms with Gasteiger partial charge in [0, 0.05) is 71.8 Å². The number of likely N-dealkylation sites (tertiary alicyclic amines) is 1. The van der Waals surface area contributed by atoms with E-state index < -0.39 is 0 Å². The molecule has 3 heterocycles. The molecule has 0 aromatic carbocycles. The number of imidazole rings is 1. The fourth-order valence-electron chi connectivity index (χ4n) is 3.96. The molecule has 29 heavy (non-hydrogen) atoms. The van der Waals surface area contributed by atoms with Crippen molar-refractivity contribution < 1.29 is 4.79 Å². The number of nitrogens with one attached hydrogen (secondary N) is 1. The first-order chi connectivity index (χ1) is 13.7. The van der Waals surface area contributed by atoms with Crippen molar-refractivity contribution in [3.63, 3.8) is 0 Å². The molecule has 0 saturated carbocycles. The van der Waals surface area contributed by atoms with Crippen molar-refractivity contribution in [1.82, 2.24) is 29.6 Å². The Morgan fingerprint density at radius 3 is 2.45 bits per heavy atom. The molecule has 1 N–H and O–H groups in total. The number of piperazine rings is 1. The maximum absolute atomic E-state index is 12.3. The van der Waals surface area contributed by atoms with E-state index in [1.807, 2.05) is 31.3 Å². The van der Waals surface area contributed by atoms with Gasteiger partial charge >= 0.3 is 0 Å². The summed E-state index contributed by atoms with van der Waals surface area (Å²) in [6.45, 7) is 10.1. The number of rotatable bonds is 7. The van der Waals surface area contributed by atoms with E-state index in [4.69, 9.17) is 0 Å². The average molecular weight is 517 g/mol. The van der Waals surface area contributed by atoms with Crippen molar-refractivity contribution in [1.29, 1.82) is 0 Å². The number of halogens is 1. The molecule has 2 aliphatic heterocycles. The van der Waals surface area contributed by atoms with Gasteiger partial charge in [0.25, 0.3) is 0 Å². The minimum Gasteiger partial charge on any atom is -0.356 e. The van der Waals surface area contributed by atoms with Crippen LogP contribution in [0.3, 0.4) is 0 Å². The molecule has 1 aromatic heterocycles. The Morgan fingerprint density at radius 2 is 1.83 bits per heavy atom. The predicted octanol–water partition coefficient (Wildman–Crippen LogP) is 1.41. The Hall–Kier alpha value is -1.36. The molecule has 0 unspecified atom stereocenters. The van der Waals surface area contributed by atoms with Crippen molar-refractivity contribution in [2.45, 2.75) is 39.2 Å². The smallest absolute Gasteiger partial charge is 0.236 e. The monoisotopic (exact) mass is 517 g/mol. The second-order valence-corrected chi connectivity index (χ2v) is 7.70. The number of aliphatic imine (C=N–C) groups is 1. The zero-order chi connectivity index (χ0) is 19.8. The van der Waals surface area contributed by atoms with Crippen molar-refractivity contribution >= 4 is 35.8 Å². The highest BCUT2D eigenvalue weighted by molar-refractivity contribution is 14.0. The van der Waals surface area contributed by atoms with Crippen LogP contribution in [0.25, 0.3) is 0 Å². The maximum Gasteiger partial charge on any atom is 0.236 e.